The van der Waals surface area contributed by atoms with Gasteiger partial charge in [-0.3, -0.25) is 4.79 Å². The van der Waals surface area contributed by atoms with E-state index in [2.05, 4.69) is 10.0 Å². The van der Waals surface area contributed by atoms with Crippen molar-refractivity contribution in [2.45, 2.75) is 61.5 Å². The van der Waals surface area contributed by atoms with Crippen molar-refractivity contribution < 1.29 is 13.2 Å². The lowest BCUT2D eigenvalue weighted by Gasteiger charge is -2.29. The molecule has 3 fully saturated rings. The number of nitrogens with one attached hydrogen (secondary N) is 2. The lowest BCUT2D eigenvalue weighted by Crippen LogP contribution is -2.47. The van der Waals surface area contributed by atoms with Gasteiger partial charge in [0.2, 0.25) is 15.9 Å². The number of nitrogens with zero attached hydrogens (tertiary/aromatic N) is 1. The predicted molar refractivity (Wildman–Crippen MR) is 91.3 cm³/mol. The van der Waals surface area contributed by atoms with Gasteiger partial charge in [-0.05, 0) is 56.4 Å². The second-order valence-corrected chi connectivity index (χ2v) is 8.78. The molecular weight excluding hydrogens is 326 g/mol. The summed E-state index contributed by atoms with van der Waals surface area (Å²) in [7, 11) is -3.51. The zero-order chi connectivity index (χ0) is 16.7. The minimum Gasteiger partial charge on any atom is -0.312 e. The Morgan fingerprint density at radius 3 is 2.33 bits per heavy atom. The van der Waals surface area contributed by atoms with Crippen molar-refractivity contribution in [2.24, 2.45) is 0 Å². The van der Waals surface area contributed by atoms with Gasteiger partial charge in [0, 0.05) is 36.8 Å². The average molecular weight is 349 g/mol. The van der Waals surface area contributed by atoms with E-state index in [-0.39, 0.29) is 16.8 Å². The molecule has 2 bridgehead atoms. The fourth-order valence-electron chi connectivity index (χ4n) is 4.17. The van der Waals surface area contributed by atoms with Gasteiger partial charge in [0.25, 0.3) is 0 Å². The molecule has 130 valence electrons. The van der Waals surface area contributed by atoms with Crippen LogP contribution in [0.2, 0.25) is 0 Å². The maximum atomic E-state index is 12.6. The van der Waals surface area contributed by atoms with Crippen LogP contribution in [0.1, 0.15) is 38.5 Å². The van der Waals surface area contributed by atoms with E-state index in [4.69, 9.17) is 0 Å². The van der Waals surface area contributed by atoms with Crippen LogP contribution in [0.5, 0.6) is 0 Å². The molecule has 3 aliphatic heterocycles. The summed E-state index contributed by atoms with van der Waals surface area (Å²) in [5.41, 5.74) is 0.774. The third-order valence-corrected chi connectivity index (χ3v) is 6.86. The van der Waals surface area contributed by atoms with Crippen LogP contribution in [0, 0.1) is 0 Å². The Morgan fingerprint density at radius 1 is 1.08 bits per heavy atom. The molecule has 1 aromatic carbocycles. The van der Waals surface area contributed by atoms with E-state index in [0.717, 1.165) is 37.8 Å². The summed E-state index contributed by atoms with van der Waals surface area (Å²) < 4.78 is 28.1. The Balaban J connectivity index is 1.47. The Labute approximate surface area is 142 Å². The molecule has 3 saturated heterocycles. The van der Waals surface area contributed by atoms with Gasteiger partial charge in [0.1, 0.15) is 0 Å². The molecule has 0 spiro atoms. The second kappa shape index (κ2) is 6.13. The fraction of sp³-hybridized carbons (Fsp3) is 0.588. The number of carbonyl (C=O) groups is 1. The molecule has 2 unspecified atom stereocenters. The Hall–Kier alpha value is -1.44. The highest BCUT2D eigenvalue weighted by molar-refractivity contribution is 7.89. The summed E-state index contributed by atoms with van der Waals surface area (Å²) in [6, 6.07) is 7.54. The third-order valence-electron chi connectivity index (χ3n) is 5.33. The average Bonchev–Trinajstić information content (AvgIpc) is 3.12. The quantitative estimate of drug-likeness (QED) is 0.861. The minimum absolute atomic E-state index is 0.00795. The molecular formula is C17H23N3O3S. The number of amides is 1. The number of sulfonamides is 1. The van der Waals surface area contributed by atoms with Crippen LogP contribution in [-0.2, 0) is 14.8 Å². The first-order valence-electron chi connectivity index (χ1n) is 8.70. The first kappa shape index (κ1) is 16.1. The molecule has 2 atom stereocenters. The fourth-order valence-corrected chi connectivity index (χ4v) is 5.43. The lowest BCUT2D eigenvalue weighted by molar-refractivity contribution is -0.117. The molecule has 1 aromatic rings. The second-order valence-electron chi connectivity index (χ2n) is 7.07. The van der Waals surface area contributed by atoms with Crippen LogP contribution in [0.3, 0.4) is 0 Å². The van der Waals surface area contributed by atoms with Crippen LogP contribution in [-0.4, -0.2) is 39.0 Å². The topological polar surface area (TPSA) is 78.5 Å². The van der Waals surface area contributed by atoms with Crippen LogP contribution in [0.4, 0.5) is 5.69 Å². The van der Waals surface area contributed by atoms with E-state index in [1.54, 1.807) is 29.2 Å². The maximum Gasteiger partial charge on any atom is 0.240 e. The highest BCUT2D eigenvalue weighted by atomic mass is 32.2. The monoisotopic (exact) mass is 349 g/mol. The molecule has 24 heavy (non-hydrogen) atoms. The van der Waals surface area contributed by atoms with Crippen molar-refractivity contribution in [3.8, 4) is 0 Å². The number of piperidine rings is 1. The molecule has 3 heterocycles. The van der Waals surface area contributed by atoms with Crippen molar-refractivity contribution in [1.82, 2.24) is 10.0 Å². The molecule has 0 saturated carbocycles. The normalized spacial score (nSPS) is 30.1. The summed E-state index contributed by atoms with van der Waals surface area (Å²) in [5.74, 6) is 0.105. The number of benzene rings is 1. The SMILES string of the molecule is O=C1CCCN1c1ccc(S(=O)(=O)NC2CC3CCC(C2)N3)cc1. The molecule has 2 N–H and O–H groups in total. The first-order chi connectivity index (χ1) is 11.5. The Morgan fingerprint density at radius 2 is 1.75 bits per heavy atom. The summed E-state index contributed by atoms with van der Waals surface area (Å²) in [6.07, 6.45) is 5.42. The lowest BCUT2D eigenvalue weighted by atomic mass is 10.0. The van der Waals surface area contributed by atoms with Crippen molar-refractivity contribution in [3.05, 3.63) is 24.3 Å². The number of hydrogen-bond acceptors (Lipinski definition) is 4. The van der Waals surface area contributed by atoms with Gasteiger partial charge in [-0.25, -0.2) is 13.1 Å². The van der Waals surface area contributed by atoms with Gasteiger partial charge >= 0.3 is 0 Å². The molecule has 3 aliphatic rings. The van der Waals surface area contributed by atoms with Crippen LogP contribution in [0.15, 0.2) is 29.2 Å². The number of carbonyl (C=O) groups excluding carboxylic acids is 1. The number of fused-ring (bicyclic) bond motifs is 2. The molecule has 0 radical (unpaired) electrons. The summed E-state index contributed by atoms with van der Waals surface area (Å²) in [4.78, 5) is 13.8. The van der Waals surface area contributed by atoms with Gasteiger partial charge in [-0.1, -0.05) is 0 Å². The molecule has 0 aromatic heterocycles. The number of rotatable bonds is 4. The van der Waals surface area contributed by atoms with Gasteiger partial charge in [-0.2, -0.15) is 0 Å². The van der Waals surface area contributed by atoms with Gasteiger partial charge in [0.05, 0.1) is 4.90 Å². The van der Waals surface area contributed by atoms with E-state index >= 15 is 0 Å². The van der Waals surface area contributed by atoms with Crippen molar-refractivity contribution in [3.63, 3.8) is 0 Å². The Kier molecular flexibility index (Phi) is 4.10. The zero-order valence-electron chi connectivity index (χ0n) is 13.6. The van der Waals surface area contributed by atoms with E-state index in [1.807, 2.05) is 0 Å². The number of hydrogen-bond donors (Lipinski definition) is 2. The molecule has 0 aliphatic carbocycles. The predicted octanol–water partition coefficient (Wildman–Crippen LogP) is 1.37. The number of anilines is 1. The summed E-state index contributed by atoms with van der Waals surface area (Å²) in [5, 5.41) is 3.52. The Bertz CT molecular complexity index is 720. The summed E-state index contributed by atoms with van der Waals surface area (Å²) >= 11 is 0. The van der Waals surface area contributed by atoms with E-state index < -0.39 is 10.0 Å². The highest BCUT2D eigenvalue weighted by Gasteiger charge is 2.35. The van der Waals surface area contributed by atoms with Gasteiger partial charge in [0.15, 0.2) is 0 Å². The summed E-state index contributed by atoms with van der Waals surface area (Å²) in [6.45, 7) is 0.709. The van der Waals surface area contributed by atoms with Gasteiger partial charge in [-0.15, -0.1) is 0 Å². The molecule has 4 rings (SSSR count). The first-order valence-corrected chi connectivity index (χ1v) is 10.2. The van der Waals surface area contributed by atoms with Crippen molar-refractivity contribution in [1.29, 1.82) is 0 Å². The van der Waals surface area contributed by atoms with E-state index in [1.165, 1.54) is 0 Å². The van der Waals surface area contributed by atoms with Gasteiger partial charge < -0.3 is 10.2 Å². The third kappa shape index (κ3) is 3.08. The maximum absolute atomic E-state index is 12.6. The smallest absolute Gasteiger partial charge is 0.240 e. The van der Waals surface area contributed by atoms with Crippen LogP contribution in [0.25, 0.3) is 0 Å². The largest absolute Gasteiger partial charge is 0.312 e. The zero-order valence-corrected chi connectivity index (χ0v) is 14.4. The molecule has 6 nitrogen and oxygen atoms in total. The highest BCUT2D eigenvalue weighted by Crippen LogP contribution is 2.28. The standard InChI is InChI=1S/C17H23N3O3S/c21-17-2-1-9-20(17)15-5-7-16(8-6-15)24(22,23)19-14-10-12-3-4-13(11-14)18-12/h5-8,12-14,18-19H,1-4,9-11H2. The van der Waals surface area contributed by atoms with E-state index in [0.29, 0.717) is 25.0 Å². The van der Waals surface area contributed by atoms with Crippen LogP contribution < -0.4 is 14.9 Å². The molecule has 1 amide bonds. The van der Waals surface area contributed by atoms with Crippen LogP contribution >= 0.6 is 0 Å². The van der Waals surface area contributed by atoms with E-state index in [9.17, 15) is 13.2 Å². The minimum atomic E-state index is -3.51. The molecule has 7 heteroatoms. The van der Waals surface area contributed by atoms with Crippen molar-refractivity contribution in [2.75, 3.05) is 11.4 Å². The van der Waals surface area contributed by atoms with Crippen molar-refractivity contribution >= 4 is 21.6 Å².